The van der Waals surface area contributed by atoms with Crippen molar-refractivity contribution in [3.8, 4) is 0 Å². The predicted molar refractivity (Wildman–Crippen MR) is 112 cm³/mol. The number of carbonyl (C=O) groups is 2. The van der Waals surface area contributed by atoms with Gasteiger partial charge in [0.1, 0.15) is 0 Å². The highest BCUT2D eigenvalue weighted by Gasteiger charge is 2.26. The Morgan fingerprint density at radius 1 is 1.17 bits per heavy atom. The van der Waals surface area contributed by atoms with E-state index in [1.54, 1.807) is 36.1 Å². The van der Waals surface area contributed by atoms with Crippen molar-refractivity contribution in [1.82, 2.24) is 0 Å². The summed E-state index contributed by atoms with van der Waals surface area (Å²) in [4.78, 5) is 38.2. The summed E-state index contributed by atoms with van der Waals surface area (Å²) in [5.74, 6) is -0.444. The first-order valence-corrected chi connectivity index (χ1v) is 9.86. The number of aryl methyl sites for hydroxylation is 1. The molecule has 1 aliphatic rings. The Kier molecular flexibility index (Phi) is 4.85. The number of fused-ring (bicyclic) bond motifs is 1. The SMILES string of the molecule is Cc1ccc(C(=O)Nc2ccc3c(c2)CCN3C(=O)c2cccs2)cc1[N+](=O)[O-]. The number of anilines is 2. The fraction of sp³-hybridized carbons (Fsp3) is 0.143. The molecule has 2 aromatic carbocycles. The normalized spacial score (nSPS) is 12.5. The Bertz CT molecular complexity index is 1120. The lowest BCUT2D eigenvalue weighted by Crippen LogP contribution is -2.28. The lowest BCUT2D eigenvalue weighted by Gasteiger charge is -2.16. The maximum Gasteiger partial charge on any atom is 0.273 e. The van der Waals surface area contributed by atoms with Gasteiger partial charge >= 0.3 is 0 Å². The van der Waals surface area contributed by atoms with Crippen LogP contribution in [0.1, 0.15) is 31.2 Å². The van der Waals surface area contributed by atoms with Gasteiger partial charge in [-0.1, -0.05) is 12.1 Å². The summed E-state index contributed by atoms with van der Waals surface area (Å²) in [6.07, 6.45) is 0.701. The fourth-order valence-corrected chi connectivity index (χ4v) is 4.05. The van der Waals surface area contributed by atoms with Crippen LogP contribution in [0.3, 0.4) is 0 Å². The average Bonchev–Trinajstić information content (AvgIpc) is 3.37. The summed E-state index contributed by atoms with van der Waals surface area (Å²) < 4.78 is 0. The summed E-state index contributed by atoms with van der Waals surface area (Å²) >= 11 is 1.41. The maximum absolute atomic E-state index is 12.6. The van der Waals surface area contributed by atoms with E-state index in [-0.39, 0.29) is 17.2 Å². The van der Waals surface area contributed by atoms with Gasteiger partial charge in [0, 0.05) is 35.1 Å². The molecule has 0 atom stereocenters. The number of rotatable bonds is 4. The predicted octanol–water partition coefficient (Wildman–Crippen LogP) is 4.42. The summed E-state index contributed by atoms with van der Waals surface area (Å²) in [6, 6.07) is 13.5. The van der Waals surface area contributed by atoms with Crippen molar-refractivity contribution in [2.45, 2.75) is 13.3 Å². The number of nitrogens with zero attached hydrogens (tertiary/aromatic N) is 2. The van der Waals surface area contributed by atoms with Crippen LogP contribution in [0.4, 0.5) is 17.1 Å². The number of amides is 2. The summed E-state index contributed by atoms with van der Waals surface area (Å²) in [5.41, 5.74) is 3.03. The second-order valence-corrected chi connectivity index (χ2v) is 7.69. The molecule has 0 unspecified atom stereocenters. The number of nitrogens with one attached hydrogen (secondary N) is 1. The van der Waals surface area contributed by atoms with Crippen LogP contribution in [0.15, 0.2) is 53.9 Å². The van der Waals surface area contributed by atoms with Gasteiger partial charge < -0.3 is 10.2 Å². The van der Waals surface area contributed by atoms with Crippen LogP contribution in [0.5, 0.6) is 0 Å². The van der Waals surface area contributed by atoms with Crippen LogP contribution in [0.25, 0.3) is 0 Å². The van der Waals surface area contributed by atoms with E-state index < -0.39 is 10.8 Å². The highest BCUT2D eigenvalue weighted by molar-refractivity contribution is 7.12. The fourth-order valence-electron chi connectivity index (χ4n) is 3.37. The average molecular weight is 407 g/mol. The molecule has 0 radical (unpaired) electrons. The zero-order chi connectivity index (χ0) is 20.5. The van der Waals surface area contributed by atoms with Gasteiger partial charge in [-0.3, -0.25) is 19.7 Å². The van der Waals surface area contributed by atoms with Crippen LogP contribution in [0, 0.1) is 17.0 Å². The third kappa shape index (κ3) is 3.62. The number of hydrogen-bond acceptors (Lipinski definition) is 5. The zero-order valence-electron chi connectivity index (χ0n) is 15.5. The summed E-state index contributed by atoms with van der Waals surface area (Å²) in [6.45, 7) is 2.22. The van der Waals surface area contributed by atoms with Gasteiger partial charge in [-0.15, -0.1) is 11.3 Å². The minimum atomic E-state index is -0.499. The van der Waals surface area contributed by atoms with E-state index in [4.69, 9.17) is 0 Å². The van der Waals surface area contributed by atoms with Crippen molar-refractivity contribution < 1.29 is 14.5 Å². The Hall–Kier alpha value is -3.52. The first kappa shape index (κ1) is 18.8. The van der Waals surface area contributed by atoms with Crippen LogP contribution < -0.4 is 10.2 Å². The third-order valence-electron chi connectivity index (χ3n) is 4.88. The van der Waals surface area contributed by atoms with Crippen LogP contribution in [-0.2, 0) is 6.42 Å². The number of nitro groups is 1. The minimum absolute atomic E-state index is 0.0255. The molecule has 3 aromatic rings. The van der Waals surface area contributed by atoms with Crippen LogP contribution in [-0.4, -0.2) is 23.3 Å². The quantitative estimate of drug-likeness (QED) is 0.512. The van der Waals surface area contributed by atoms with Gasteiger partial charge in [-0.25, -0.2) is 0 Å². The van der Waals surface area contributed by atoms with Gasteiger partial charge in [0.05, 0.1) is 9.80 Å². The minimum Gasteiger partial charge on any atom is -0.322 e. The lowest BCUT2D eigenvalue weighted by atomic mass is 10.1. The Labute approximate surface area is 170 Å². The van der Waals surface area contributed by atoms with Crippen molar-refractivity contribution in [3.63, 3.8) is 0 Å². The molecule has 0 spiro atoms. The highest BCUT2D eigenvalue weighted by atomic mass is 32.1. The zero-order valence-corrected chi connectivity index (χ0v) is 16.4. The topological polar surface area (TPSA) is 92.6 Å². The van der Waals surface area contributed by atoms with Gasteiger partial charge in [0.15, 0.2) is 0 Å². The first-order valence-electron chi connectivity index (χ1n) is 8.99. The van der Waals surface area contributed by atoms with Crippen molar-refractivity contribution in [3.05, 3.63) is 85.6 Å². The molecule has 1 aliphatic heterocycles. The largest absolute Gasteiger partial charge is 0.322 e. The maximum atomic E-state index is 12.6. The van der Waals surface area contributed by atoms with Gasteiger partial charge in [0.2, 0.25) is 0 Å². The van der Waals surface area contributed by atoms with E-state index in [2.05, 4.69) is 5.32 Å². The van der Waals surface area contributed by atoms with Gasteiger partial charge in [-0.05, 0) is 54.6 Å². The molecule has 0 fully saturated rings. The van der Waals surface area contributed by atoms with Crippen molar-refractivity contribution in [2.75, 3.05) is 16.8 Å². The van der Waals surface area contributed by atoms with Crippen LogP contribution >= 0.6 is 11.3 Å². The van der Waals surface area contributed by atoms with E-state index >= 15 is 0 Å². The number of carbonyl (C=O) groups excluding carboxylic acids is 2. The Balaban J connectivity index is 1.53. The van der Waals surface area contributed by atoms with E-state index in [0.29, 0.717) is 29.1 Å². The molecule has 146 valence electrons. The van der Waals surface area contributed by atoms with Crippen molar-refractivity contribution in [2.24, 2.45) is 0 Å². The number of hydrogen-bond donors (Lipinski definition) is 1. The molecule has 2 heterocycles. The van der Waals surface area contributed by atoms with Crippen LogP contribution in [0.2, 0.25) is 0 Å². The third-order valence-corrected chi connectivity index (χ3v) is 5.74. The molecule has 1 aromatic heterocycles. The van der Waals surface area contributed by atoms with E-state index in [9.17, 15) is 19.7 Å². The second kappa shape index (κ2) is 7.48. The molecule has 0 saturated carbocycles. The number of benzene rings is 2. The molecular weight excluding hydrogens is 390 g/mol. The van der Waals surface area contributed by atoms with Crippen molar-refractivity contribution in [1.29, 1.82) is 0 Å². The number of nitro benzene ring substituents is 1. The molecule has 0 aliphatic carbocycles. The standard InChI is InChI=1S/C21H17N3O4S/c1-13-4-5-15(12-18(13)24(27)28)20(25)22-16-6-7-17-14(11-16)8-9-23(17)21(26)19-3-2-10-29-19/h2-7,10-12H,8-9H2,1H3,(H,22,25). The molecular formula is C21H17N3O4S. The molecule has 8 heteroatoms. The van der Waals surface area contributed by atoms with Gasteiger partial charge in [-0.2, -0.15) is 0 Å². The highest BCUT2D eigenvalue weighted by Crippen LogP contribution is 2.32. The van der Waals surface area contributed by atoms with Gasteiger partial charge in [0.25, 0.3) is 17.5 Å². The van der Waals surface area contributed by atoms with E-state index in [1.807, 2.05) is 23.6 Å². The first-order chi connectivity index (χ1) is 13.9. The van der Waals surface area contributed by atoms with Crippen molar-refractivity contribution >= 4 is 40.2 Å². The molecule has 1 N–H and O–H groups in total. The van der Waals surface area contributed by atoms with E-state index in [0.717, 1.165) is 11.3 Å². The molecule has 0 saturated heterocycles. The second-order valence-electron chi connectivity index (χ2n) is 6.74. The van der Waals surface area contributed by atoms with E-state index in [1.165, 1.54) is 17.4 Å². The smallest absolute Gasteiger partial charge is 0.273 e. The monoisotopic (exact) mass is 407 g/mol. The molecule has 7 nitrogen and oxygen atoms in total. The summed E-state index contributed by atoms with van der Waals surface area (Å²) in [5, 5.41) is 15.8. The molecule has 4 rings (SSSR count). The Morgan fingerprint density at radius 2 is 2.00 bits per heavy atom. The number of thiophene rings is 1. The Morgan fingerprint density at radius 3 is 2.72 bits per heavy atom. The molecule has 0 bridgehead atoms. The molecule has 2 amide bonds. The lowest BCUT2D eigenvalue weighted by molar-refractivity contribution is -0.385. The molecule has 29 heavy (non-hydrogen) atoms. The summed E-state index contributed by atoms with van der Waals surface area (Å²) in [7, 11) is 0.